The molecule has 3 N–H and O–H groups in total. The summed E-state index contributed by atoms with van der Waals surface area (Å²) in [4.78, 5) is 29.6. The van der Waals surface area contributed by atoms with Crippen LogP contribution in [-0.2, 0) is 0 Å². The van der Waals surface area contributed by atoms with Gasteiger partial charge < -0.3 is 10.8 Å². The second-order valence-corrected chi connectivity index (χ2v) is 6.23. The van der Waals surface area contributed by atoms with E-state index in [1.54, 1.807) is 27.0 Å². The molecule has 6 nitrogen and oxygen atoms in total. The summed E-state index contributed by atoms with van der Waals surface area (Å²) in [5, 5.41) is 9.11. The highest BCUT2D eigenvalue weighted by Gasteiger charge is 2.17. The number of halogens is 2. The highest BCUT2D eigenvalue weighted by atomic mass is 35.5. The molecule has 0 aliphatic carbocycles. The first-order chi connectivity index (χ1) is 11.5. The summed E-state index contributed by atoms with van der Waals surface area (Å²) < 4.78 is 0. The van der Waals surface area contributed by atoms with Crippen LogP contribution in [0.15, 0.2) is 6.20 Å². The van der Waals surface area contributed by atoms with Crippen molar-refractivity contribution < 1.29 is 14.7 Å². The molecule has 0 saturated heterocycles. The molecule has 0 aromatic carbocycles. The average molecular weight is 384 g/mol. The smallest absolute Gasteiger partial charge is 0.339 e. The van der Waals surface area contributed by atoms with Crippen molar-refractivity contribution in [3.8, 4) is 0 Å². The van der Waals surface area contributed by atoms with E-state index >= 15 is 0 Å². The molecule has 2 heterocycles. The van der Waals surface area contributed by atoms with E-state index in [4.69, 9.17) is 34.0 Å². The third-order valence-corrected chi connectivity index (χ3v) is 4.56. The van der Waals surface area contributed by atoms with Crippen molar-refractivity contribution in [3.05, 3.63) is 55.6 Å². The monoisotopic (exact) mass is 383 g/mol. The van der Waals surface area contributed by atoms with Crippen LogP contribution in [0.25, 0.3) is 0 Å². The fourth-order valence-corrected chi connectivity index (χ4v) is 2.71. The van der Waals surface area contributed by atoms with Gasteiger partial charge in [0.15, 0.2) is 0 Å². The Balaban J connectivity index is 0.000000251. The van der Waals surface area contributed by atoms with Gasteiger partial charge in [0.25, 0.3) is 5.91 Å². The van der Waals surface area contributed by atoms with Crippen molar-refractivity contribution in [2.45, 2.75) is 34.6 Å². The van der Waals surface area contributed by atoms with Gasteiger partial charge in [0.05, 0.1) is 22.0 Å². The molecule has 1 amide bonds. The van der Waals surface area contributed by atoms with E-state index in [9.17, 15) is 9.59 Å². The summed E-state index contributed by atoms with van der Waals surface area (Å²) in [5.41, 5.74) is 9.33. The van der Waals surface area contributed by atoms with Crippen molar-refractivity contribution in [1.29, 1.82) is 0 Å². The van der Waals surface area contributed by atoms with Crippen molar-refractivity contribution >= 4 is 35.1 Å². The molecular weight excluding hydrogens is 365 g/mol. The number of rotatable bonds is 2. The molecule has 2 rings (SSSR count). The van der Waals surface area contributed by atoms with Crippen molar-refractivity contribution in [3.63, 3.8) is 0 Å². The maximum absolute atomic E-state index is 11.0. The molecule has 0 spiro atoms. The van der Waals surface area contributed by atoms with E-state index in [1.807, 2.05) is 13.8 Å². The number of pyridine rings is 2. The lowest BCUT2D eigenvalue weighted by Gasteiger charge is -2.06. The number of carbonyl (C=O) groups is 2. The first kappa shape index (κ1) is 20.9. The lowest BCUT2D eigenvalue weighted by atomic mass is 10.0. The molecule has 0 fully saturated rings. The van der Waals surface area contributed by atoms with Crippen molar-refractivity contribution in [2.75, 3.05) is 0 Å². The quantitative estimate of drug-likeness (QED) is 0.766. The molecule has 25 heavy (non-hydrogen) atoms. The van der Waals surface area contributed by atoms with Crippen LogP contribution in [-0.4, -0.2) is 27.0 Å². The predicted molar refractivity (Wildman–Crippen MR) is 97.7 cm³/mol. The average Bonchev–Trinajstić information content (AvgIpc) is 2.49. The summed E-state index contributed by atoms with van der Waals surface area (Å²) >= 11 is 11.5. The van der Waals surface area contributed by atoms with Gasteiger partial charge in [-0.15, -0.1) is 0 Å². The van der Waals surface area contributed by atoms with Crippen LogP contribution in [0.5, 0.6) is 0 Å². The van der Waals surface area contributed by atoms with Crippen LogP contribution in [0.2, 0.25) is 10.2 Å². The molecule has 0 radical (unpaired) electrons. The van der Waals surface area contributed by atoms with E-state index < -0.39 is 11.9 Å². The molecule has 0 aliphatic rings. The van der Waals surface area contributed by atoms with Crippen LogP contribution >= 0.6 is 23.2 Å². The standard InChI is InChI=1S/C9H12N2O.C8H7Cl2NO2/c1-5-4-11-7(3)8(6(5)2)9(10)12;1-3-5(8(12)13)7(10)11-4(2)6(3)9/h4H,1-3H3,(H2,10,12);1-2H3,(H,12,13). The van der Waals surface area contributed by atoms with Gasteiger partial charge in [0.1, 0.15) is 10.7 Å². The van der Waals surface area contributed by atoms with Crippen molar-refractivity contribution in [1.82, 2.24) is 9.97 Å². The molecule has 0 atom stereocenters. The normalized spacial score (nSPS) is 10.0. The van der Waals surface area contributed by atoms with Gasteiger partial charge >= 0.3 is 5.97 Å². The molecule has 0 aliphatic heterocycles. The van der Waals surface area contributed by atoms with Gasteiger partial charge in [-0.05, 0) is 51.3 Å². The third kappa shape index (κ3) is 4.67. The Morgan fingerprint density at radius 1 is 1.00 bits per heavy atom. The zero-order chi connectivity index (χ0) is 19.5. The Morgan fingerprint density at radius 3 is 2.00 bits per heavy atom. The zero-order valence-electron chi connectivity index (χ0n) is 14.6. The topological polar surface area (TPSA) is 106 Å². The Morgan fingerprint density at radius 2 is 1.56 bits per heavy atom. The van der Waals surface area contributed by atoms with Gasteiger partial charge in [-0.3, -0.25) is 9.78 Å². The molecule has 0 unspecified atom stereocenters. The van der Waals surface area contributed by atoms with E-state index in [1.165, 1.54) is 0 Å². The van der Waals surface area contributed by atoms with E-state index in [0.717, 1.165) is 11.1 Å². The molecule has 8 heteroatoms. The fourth-order valence-electron chi connectivity index (χ4n) is 2.22. The van der Waals surface area contributed by atoms with Crippen LogP contribution in [0.3, 0.4) is 0 Å². The van der Waals surface area contributed by atoms with Gasteiger partial charge in [-0.1, -0.05) is 23.2 Å². The maximum atomic E-state index is 11.0. The predicted octanol–water partition coefficient (Wildman–Crippen LogP) is 3.81. The number of carboxylic acid groups (broad SMARTS) is 1. The minimum Gasteiger partial charge on any atom is -0.478 e. The summed E-state index contributed by atoms with van der Waals surface area (Å²) in [5.74, 6) is -1.52. The number of nitrogens with zero attached hydrogens (tertiary/aromatic N) is 2. The number of hydrogen-bond acceptors (Lipinski definition) is 4. The van der Waals surface area contributed by atoms with Gasteiger partial charge in [-0.25, -0.2) is 9.78 Å². The maximum Gasteiger partial charge on any atom is 0.339 e. The lowest BCUT2D eigenvalue weighted by Crippen LogP contribution is -2.16. The molecule has 0 bridgehead atoms. The van der Waals surface area contributed by atoms with Crippen LogP contribution < -0.4 is 5.73 Å². The Kier molecular flexibility index (Phi) is 6.90. The Labute approximate surface area is 156 Å². The lowest BCUT2D eigenvalue weighted by molar-refractivity contribution is 0.0695. The number of hydrogen-bond donors (Lipinski definition) is 2. The molecular formula is C17H19Cl2N3O3. The summed E-state index contributed by atoms with van der Waals surface area (Å²) in [6, 6.07) is 0. The molecule has 134 valence electrons. The van der Waals surface area contributed by atoms with Gasteiger partial charge in [0.2, 0.25) is 0 Å². The van der Waals surface area contributed by atoms with E-state index in [-0.39, 0.29) is 10.7 Å². The summed E-state index contributed by atoms with van der Waals surface area (Å²) in [6.45, 7) is 8.85. The first-order valence-corrected chi connectivity index (χ1v) is 8.02. The molecule has 2 aromatic rings. The fraction of sp³-hybridized carbons (Fsp3) is 0.294. The van der Waals surface area contributed by atoms with Gasteiger partial charge in [0, 0.05) is 6.20 Å². The summed E-state index contributed by atoms with van der Waals surface area (Å²) in [6.07, 6.45) is 1.75. The first-order valence-electron chi connectivity index (χ1n) is 7.27. The van der Waals surface area contributed by atoms with E-state index in [2.05, 4.69) is 9.97 Å². The zero-order valence-corrected chi connectivity index (χ0v) is 16.1. The number of carboxylic acids is 1. The minimum atomic E-state index is -1.11. The molecule has 2 aromatic heterocycles. The summed E-state index contributed by atoms with van der Waals surface area (Å²) in [7, 11) is 0. The largest absolute Gasteiger partial charge is 0.478 e. The number of aromatic nitrogens is 2. The number of amides is 1. The van der Waals surface area contributed by atoms with Crippen LogP contribution in [0.4, 0.5) is 0 Å². The Bertz CT molecular complexity index is 852. The second-order valence-electron chi connectivity index (χ2n) is 5.50. The van der Waals surface area contributed by atoms with Crippen LogP contribution in [0.1, 0.15) is 48.8 Å². The Hall–Kier alpha value is -2.18. The van der Waals surface area contributed by atoms with E-state index in [0.29, 0.717) is 27.5 Å². The second kappa shape index (κ2) is 8.27. The molecule has 0 saturated carbocycles. The number of aromatic carboxylic acids is 1. The van der Waals surface area contributed by atoms with Gasteiger partial charge in [-0.2, -0.15) is 0 Å². The highest BCUT2D eigenvalue weighted by molar-refractivity contribution is 6.35. The van der Waals surface area contributed by atoms with Crippen molar-refractivity contribution in [2.24, 2.45) is 5.73 Å². The number of carbonyl (C=O) groups excluding carboxylic acids is 1. The number of primary amides is 1. The minimum absolute atomic E-state index is 0.0214. The van der Waals surface area contributed by atoms with Crippen LogP contribution in [0, 0.1) is 34.6 Å². The third-order valence-electron chi connectivity index (χ3n) is 3.73. The highest BCUT2D eigenvalue weighted by Crippen LogP contribution is 2.26. The number of nitrogens with two attached hydrogens (primary N) is 1. The SMILES string of the molecule is Cc1cnc(C)c(C(N)=O)c1C.Cc1nc(Cl)c(C(=O)O)c(C)c1Cl. The number of aryl methyl sites for hydroxylation is 3.